The summed E-state index contributed by atoms with van der Waals surface area (Å²) < 4.78 is 0.974. The van der Waals surface area contributed by atoms with Gasteiger partial charge in [-0.3, -0.25) is 4.79 Å². The smallest absolute Gasteiger partial charge is 0.243 e. The molecule has 1 aromatic carbocycles. The van der Waals surface area contributed by atoms with Crippen LogP contribution in [0.5, 0.6) is 0 Å². The van der Waals surface area contributed by atoms with Gasteiger partial charge in [0.15, 0.2) is 0 Å². The van der Waals surface area contributed by atoms with Crippen LogP contribution in [0, 0.1) is 13.8 Å². The summed E-state index contributed by atoms with van der Waals surface area (Å²) in [6, 6.07) is 7.25. The van der Waals surface area contributed by atoms with Crippen LogP contribution >= 0.6 is 27.5 Å². The highest BCUT2D eigenvalue weighted by atomic mass is 79.9. The van der Waals surface area contributed by atoms with Crippen molar-refractivity contribution >= 4 is 44.9 Å². The Hall–Kier alpha value is -1.66. The van der Waals surface area contributed by atoms with Crippen molar-refractivity contribution in [2.45, 2.75) is 13.8 Å². The van der Waals surface area contributed by atoms with Crippen LogP contribution in [0.1, 0.15) is 11.4 Å². The Morgan fingerprint density at radius 2 is 2.05 bits per heavy atom. The Morgan fingerprint density at radius 3 is 2.71 bits per heavy atom. The van der Waals surface area contributed by atoms with E-state index < -0.39 is 0 Å². The number of carbonyl (C=O) groups is 1. The van der Waals surface area contributed by atoms with E-state index in [2.05, 4.69) is 36.5 Å². The molecule has 2 rings (SSSR count). The number of nitrogens with one attached hydrogen (secondary N) is 2. The van der Waals surface area contributed by atoms with Crippen LogP contribution < -0.4 is 10.6 Å². The highest BCUT2D eigenvalue weighted by molar-refractivity contribution is 9.10. The lowest BCUT2D eigenvalue weighted by Gasteiger charge is -2.10. The zero-order valence-electron chi connectivity index (χ0n) is 11.6. The maximum atomic E-state index is 11.9. The van der Waals surface area contributed by atoms with Crippen LogP contribution in [0.15, 0.2) is 28.7 Å². The van der Waals surface area contributed by atoms with Crippen molar-refractivity contribution in [1.29, 1.82) is 0 Å². The molecule has 0 bridgehead atoms. The van der Waals surface area contributed by atoms with Gasteiger partial charge in [0.1, 0.15) is 16.8 Å². The summed E-state index contributed by atoms with van der Waals surface area (Å²) in [6.07, 6.45) is 0. The zero-order chi connectivity index (χ0) is 15.4. The molecular formula is C14H14BrClN4O. The van der Waals surface area contributed by atoms with Crippen LogP contribution in [0.3, 0.4) is 0 Å². The van der Waals surface area contributed by atoms with Crippen LogP contribution in [0.25, 0.3) is 0 Å². The first kappa shape index (κ1) is 15.7. The van der Waals surface area contributed by atoms with Crippen molar-refractivity contribution in [2.24, 2.45) is 0 Å². The van der Waals surface area contributed by atoms with Crippen molar-refractivity contribution in [3.8, 4) is 0 Å². The van der Waals surface area contributed by atoms with Crippen molar-refractivity contribution in [3.05, 3.63) is 45.3 Å². The lowest BCUT2D eigenvalue weighted by atomic mass is 10.2. The molecule has 21 heavy (non-hydrogen) atoms. The molecule has 0 saturated carbocycles. The average Bonchev–Trinajstić information content (AvgIpc) is 2.39. The first-order chi connectivity index (χ1) is 9.94. The Morgan fingerprint density at radius 1 is 1.29 bits per heavy atom. The maximum absolute atomic E-state index is 11.9. The van der Waals surface area contributed by atoms with Gasteiger partial charge in [0.05, 0.1) is 6.54 Å². The van der Waals surface area contributed by atoms with Crippen LogP contribution in [0.2, 0.25) is 5.15 Å². The Labute approximate surface area is 136 Å². The first-order valence-electron chi connectivity index (χ1n) is 6.25. The minimum atomic E-state index is -0.159. The van der Waals surface area contributed by atoms with Gasteiger partial charge in [-0.05, 0) is 37.6 Å². The SMILES string of the molecule is Cc1nc(Cl)cc(NCC(=O)Nc2ccc(Br)cc2C)n1. The number of carbonyl (C=O) groups excluding carboxylic acids is 1. The van der Waals surface area contributed by atoms with Crippen LogP contribution in [0.4, 0.5) is 11.5 Å². The zero-order valence-corrected chi connectivity index (χ0v) is 13.9. The van der Waals surface area contributed by atoms with Gasteiger partial charge in [-0.1, -0.05) is 27.5 Å². The van der Waals surface area contributed by atoms with Gasteiger partial charge < -0.3 is 10.6 Å². The molecule has 1 amide bonds. The van der Waals surface area contributed by atoms with Gasteiger partial charge in [0, 0.05) is 16.2 Å². The van der Waals surface area contributed by atoms with E-state index in [1.807, 2.05) is 25.1 Å². The van der Waals surface area contributed by atoms with E-state index in [0.717, 1.165) is 15.7 Å². The fourth-order valence-electron chi connectivity index (χ4n) is 1.75. The topological polar surface area (TPSA) is 66.9 Å². The molecule has 0 radical (unpaired) electrons. The molecule has 0 aliphatic rings. The Kier molecular flexibility index (Phi) is 5.14. The average molecular weight is 370 g/mol. The molecule has 0 spiro atoms. The van der Waals surface area contributed by atoms with Crippen LogP contribution in [-0.2, 0) is 4.79 Å². The molecule has 0 fully saturated rings. The largest absolute Gasteiger partial charge is 0.361 e. The number of amides is 1. The van der Waals surface area contributed by atoms with Crippen molar-refractivity contribution in [2.75, 3.05) is 17.2 Å². The molecule has 110 valence electrons. The van der Waals surface area contributed by atoms with E-state index >= 15 is 0 Å². The molecule has 0 aliphatic carbocycles. The van der Waals surface area contributed by atoms with Gasteiger partial charge in [-0.25, -0.2) is 9.97 Å². The monoisotopic (exact) mass is 368 g/mol. The molecular weight excluding hydrogens is 356 g/mol. The van der Waals surface area contributed by atoms with Gasteiger partial charge in [0.25, 0.3) is 0 Å². The molecule has 1 heterocycles. The van der Waals surface area contributed by atoms with E-state index in [1.165, 1.54) is 0 Å². The van der Waals surface area contributed by atoms with Crippen molar-refractivity contribution in [1.82, 2.24) is 9.97 Å². The summed E-state index contributed by atoms with van der Waals surface area (Å²) >= 11 is 9.22. The van der Waals surface area contributed by atoms with Gasteiger partial charge in [-0.2, -0.15) is 0 Å². The summed E-state index contributed by atoms with van der Waals surface area (Å²) in [5.74, 6) is 0.914. The van der Waals surface area contributed by atoms with E-state index in [1.54, 1.807) is 13.0 Å². The van der Waals surface area contributed by atoms with Gasteiger partial charge in [0.2, 0.25) is 5.91 Å². The second-order valence-electron chi connectivity index (χ2n) is 4.48. The molecule has 2 aromatic rings. The van der Waals surface area contributed by atoms with E-state index in [9.17, 15) is 4.79 Å². The highest BCUT2D eigenvalue weighted by Crippen LogP contribution is 2.20. The van der Waals surface area contributed by atoms with Crippen molar-refractivity contribution in [3.63, 3.8) is 0 Å². The third-order valence-corrected chi connectivity index (χ3v) is 3.39. The number of hydrogen-bond acceptors (Lipinski definition) is 4. The molecule has 1 aromatic heterocycles. The number of rotatable bonds is 4. The van der Waals surface area contributed by atoms with E-state index in [-0.39, 0.29) is 12.5 Å². The highest BCUT2D eigenvalue weighted by Gasteiger charge is 2.06. The molecule has 0 saturated heterocycles. The van der Waals surface area contributed by atoms with E-state index in [0.29, 0.717) is 16.8 Å². The first-order valence-corrected chi connectivity index (χ1v) is 7.42. The Balaban J connectivity index is 1.95. The maximum Gasteiger partial charge on any atom is 0.243 e. The standard InChI is InChI=1S/C14H14BrClN4O/c1-8-5-10(15)3-4-11(8)20-14(21)7-17-13-6-12(16)18-9(2)19-13/h3-6H,7H2,1-2H3,(H,20,21)(H,17,18,19). The minimum absolute atomic E-state index is 0.0995. The normalized spacial score (nSPS) is 10.3. The second-order valence-corrected chi connectivity index (χ2v) is 5.79. The fourth-order valence-corrected chi connectivity index (χ4v) is 2.46. The molecule has 5 nitrogen and oxygen atoms in total. The summed E-state index contributed by atoms with van der Waals surface area (Å²) in [6.45, 7) is 3.77. The quantitative estimate of drug-likeness (QED) is 0.809. The Bertz CT molecular complexity index is 658. The van der Waals surface area contributed by atoms with Crippen LogP contribution in [-0.4, -0.2) is 22.4 Å². The predicted octanol–water partition coefficient (Wildman–Crippen LogP) is 3.56. The minimum Gasteiger partial charge on any atom is -0.361 e. The summed E-state index contributed by atoms with van der Waals surface area (Å²) in [5, 5.41) is 6.10. The lowest BCUT2D eigenvalue weighted by Crippen LogP contribution is -2.22. The van der Waals surface area contributed by atoms with Crippen molar-refractivity contribution < 1.29 is 4.79 Å². The number of aryl methyl sites for hydroxylation is 2. The number of nitrogens with zero attached hydrogens (tertiary/aromatic N) is 2. The van der Waals surface area contributed by atoms with E-state index in [4.69, 9.17) is 11.6 Å². The molecule has 0 atom stereocenters. The van der Waals surface area contributed by atoms with Gasteiger partial charge in [-0.15, -0.1) is 0 Å². The molecule has 0 unspecified atom stereocenters. The third kappa shape index (κ3) is 4.68. The summed E-state index contributed by atoms with van der Waals surface area (Å²) in [7, 11) is 0. The number of anilines is 2. The lowest BCUT2D eigenvalue weighted by molar-refractivity contribution is -0.114. The fraction of sp³-hybridized carbons (Fsp3) is 0.214. The van der Waals surface area contributed by atoms with Gasteiger partial charge >= 0.3 is 0 Å². The third-order valence-electron chi connectivity index (χ3n) is 2.70. The summed E-state index contributed by atoms with van der Waals surface area (Å²) in [5.41, 5.74) is 1.76. The summed E-state index contributed by atoms with van der Waals surface area (Å²) in [4.78, 5) is 20.0. The number of hydrogen-bond donors (Lipinski definition) is 2. The molecule has 0 aliphatic heterocycles. The molecule has 7 heteroatoms. The number of aromatic nitrogens is 2. The predicted molar refractivity (Wildman–Crippen MR) is 87.8 cm³/mol. The second kappa shape index (κ2) is 6.87. The number of halogens is 2. The molecule has 2 N–H and O–H groups in total. The number of benzene rings is 1.